The molecule has 1 saturated heterocycles. The summed E-state index contributed by atoms with van der Waals surface area (Å²) in [5.41, 5.74) is 3.79. The minimum Gasteiger partial charge on any atom is -0.385 e. The van der Waals surface area contributed by atoms with E-state index in [1.165, 1.54) is 0 Å². The summed E-state index contributed by atoms with van der Waals surface area (Å²) in [4.78, 5) is 27.8. The SMILES string of the molecule is COCCCNC(=O)c1cc(NC(=O)Nc2ccccc2C)ccc1N1CCC(C)CC1. The second-order valence-corrected chi connectivity index (χ2v) is 8.40. The smallest absolute Gasteiger partial charge is 0.323 e. The summed E-state index contributed by atoms with van der Waals surface area (Å²) in [5.74, 6) is 0.557. The summed E-state index contributed by atoms with van der Waals surface area (Å²) in [5, 5.41) is 8.70. The molecule has 1 fully saturated rings. The number of hydrogen-bond donors (Lipinski definition) is 3. The quantitative estimate of drug-likeness (QED) is 0.524. The van der Waals surface area contributed by atoms with Gasteiger partial charge < -0.3 is 25.6 Å². The number of para-hydroxylation sites is 1. The van der Waals surface area contributed by atoms with Gasteiger partial charge in [0.2, 0.25) is 0 Å². The summed E-state index contributed by atoms with van der Waals surface area (Å²) < 4.78 is 5.06. The number of anilines is 3. The van der Waals surface area contributed by atoms with Crippen molar-refractivity contribution in [1.29, 1.82) is 0 Å². The van der Waals surface area contributed by atoms with Crippen molar-refractivity contribution in [2.75, 3.05) is 48.9 Å². The molecule has 7 nitrogen and oxygen atoms in total. The Bertz CT molecular complexity index is 923. The van der Waals surface area contributed by atoms with E-state index in [9.17, 15) is 9.59 Å². The van der Waals surface area contributed by atoms with Crippen LogP contribution in [0.15, 0.2) is 42.5 Å². The van der Waals surface area contributed by atoms with Gasteiger partial charge in [-0.1, -0.05) is 25.1 Å². The average Bonchev–Trinajstić information content (AvgIpc) is 2.79. The van der Waals surface area contributed by atoms with Crippen LogP contribution in [0.1, 0.15) is 42.1 Å². The van der Waals surface area contributed by atoms with E-state index < -0.39 is 0 Å². The van der Waals surface area contributed by atoms with Crippen LogP contribution in [-0.2, 0) is 4.74 Å². The molecule has 0 aromatic heterocycles. The number of carbonyl (C=O) groups is 2. The minimum absolute atomic E-state index is 0.141. The Kier molecular flexibility index (Phi) is 8.50. The molecule has 2 aromatic rings. The van der Waals surface area contributed by atoms with Crippen LogP contribution in [0.2, 0.25) is 0 Å². The molecule has 3 N–H and O–H groups in total. The predicted molar refractivity (Wildman–Crippen MR) is 130 cm³/mol. The van der Waals surface area contributed by atoms with Gasteiger partial charge in [0.15, 0.2) is 0 Å². The molecule has 0 radical (unpaired) electrons. The highest BCUT2D eigenvalue weighted by Gasteiger charge is 2.22. The molecule has 1 aliphatic heterocycles. The molecule has 0 atom stereocenters. The highest BCUT2D eigenvalue weighted by atomic mass is 16.5. The Hall–Kier alpha value is -3.06. The van der Waals surface area contributed by atoms with Crippen molar-refractivity contribution >= 4 is 29.0 Å². The van der Waals surface area contributed by atoms with Gasteiger partial charge >= 0.3 is 6.03 Å². The zero-order valence-electron chi connectivity index (χ0n) is 19.2. The van der Waals surface area contributed by atoms with Gasteiger partial charge in [0.1, 0.15) is 0 Å². The number of rotatable bonds is 8. The first kappa shape index (κ1) is 23.6. The summed E-state index contributed by atoms with van der Waals surface area (Å²) in [7, 11) is 1.65. The van der Waals surface area contributed by atoms with Gasteiger partial charge in [-0.3, -0.25) is 4.79 Å². The number of nitrogens with zero attached hydrogens (tertiary/aromatic N) is 1. The Balaban J connectivity index is 1.76. The molecule has 0 saturated carbocycles. The van der Waals surface area contributed by atoms with Gasteiger partial charge in [-0.2, -0.15) is 0 Å². The summed E-state index contributed by atoms with van der Waals surface area (Å²) in [6.45, 7) is 7.18. The van der Waals surface area contributed by atoms with Gasteiger partial charge in [-0.25, -0.2) is 4.79 Å². The monoisotopic (exact) mass is 438 g/mol. The highest BCUT2D eigenvalue weighted by molar-refractivity contribution is 6.04. The Morgan fingerprint density at radius 1 is 1.09 bits per heavy atom. The maximum Gasteiger partial charge on any atom is 0.323 e. The van der Waals surface area contributed by atoms with Crippen LogP contribution < -0.4 is 20.9 Å². The molecule has 0 unspecified atom stereocenters. The maximum absolute atomic E-state index is 13.0. The van der Waals surface area contributed by atoms with Crippen molar-refractivity contribution in [1.82, 2.24) is 5.32 Å². The number of nitrogens with one attached hydrogen (secondary N) is 3. The number of methoxy groups -OCH3 is 1. The van der Waals surface area contributed by atoms with Gasteiger partial charge in [0.25, 0.3) is 5.91 Å². The lowest BCUT2D eigenvalue weighted by Crippen LogP contribution is -2.35. The van der Waals surface area contributed by atoms with Crippen molar-refractivity contribution in [3.8, 4) is 0 Å². The molecule has 7 heteroatoms. The fraction of sp³-hybridized carbons (Fsp3) is 0.440. The summed E-state index contributed by atoms with van der Waals surface area (Å²) in [6.07, 6.45) is 2.96. The third kappa shape index (κ3) is 6.47. The lowest BCUT2D eigenvalue weighted by atomic mass is 9.98. The molecule has 172 valence electrons. The van der Waals surface area contributed by atoms with E-state index in [0.29, 0.717) is 30.3 Å². The molecule has 2 aromatic carbocycles. The van der Waals surface area contributed by atoms with Crippen LogP contribution in [0, 0.1) is 12.8 Å². The molecule has 0 spiro atoms. The second kappa shape index (κ2) is 11.5. The largest absolute Gasteiger partial charge is 0.385 e. The number of carbonyl (C=O) groups excluding carboxylic acids is 2. The van der Waals surface area contributed by atoms with Crippen LogP contribution in [0.3, 0.4) is 0 Å². The maximum atomic E-state index is 13.0. The molecule has 3 rings (SSSR count). The normalized spacial score (nSPS) is 14.2. The Labute approximate surface area is 190 Å². The Morgan fingerprint density at radius 3 is 2.56 bits per heavy atom. The third-order valence-corrected chi connectivity index (χ3v) is 5.83. The lowest BCUT2D eigenvalue weighted by Gasteiger charge is -2.33. The van der Waals surface area contributed by atoms with Crippen molar-refractivity contribution < 1.29 is 14.3 Å². The third-order valence-electron chi connectivity index (χ3n) is 5.83. The van der Waals surface area contributed by atoms with Crippen LogP contribution in [0.4, 0.5) is 21.9 Å². The molecular weight excluding hydrogens is 404 g/mol. The first-order chi connectivity index (χ1) is 15.5. The number of hydrogen-bond acceptors (Lipinski definition) is 4. The van der Waals surface area contributed by atoms with Crippen molar-refractivity contribution in [3.63, 3.8) is 0 Å². The summed E-state index contributed by atoms with van der Waals surface area (Å²) >= 11 is 0. The van der Waals surface area contributed by atoms with E-state index in [1.807, 2.05) is 43.3 Å². The zero-order valence-corrected chi connectivity index (χ0v) is 19.2. The molecule has 0 aliphatic carbocycles. The van der Waals surface area contributed by atoms with Gasteiger partial charge in [0.05, 0.1) is 5.56 Å². The van der Waals surface area contributed by atoms with Crippen molar-refractivity contribution in [2.24, 2.45) is 5.92 Å². The molecule has 1 heterocycles. The highest BCUT2D eigenvalue weighted by Crippen LogP contribution is 2.29. The topological polar surface area (TPSA) is 82.7 Å². The van der Waals surface area contributed by atoms with E-state index >= 15 is 0 Å². The standard InChI is InChI=1S/C25H34N4O3/c1-18-11-14-29(15-12-18)23-10-9-20(17-21(23)24(30)26-13-6-16-32-3)27-25(31)28-22-8-5-4-7-19(22)2/h4-5,7-10,17-18H,6,11-16H2,1-3H3,(H,26,30)(H2,27,28,31). The minimum atomic E-state index is -0.342. The van der Waals surface area contributed by atoms with E-state index in [2.05, 4.69) is 27.8 Å². The zero-order chi connectivity index (χ0) is 22.9. The lowest BCUT2D eigenvalue weighted by molar-refractivity contribution is 0.0949. The number of amides is 3. The molecule has 1 aliphatic rings. The molecular formula is C25H34N4O3. The number of benzene rings is 2. The molecule has 3 amide bonds. The first-order valence-corrected chi connectivity index (χ1v) is 11.3. The Morgan fingerprint density at radius 2 is 1.84 bits per heavy atom. The van der Waals surface area contributed by atoms with Crippen LogP contribution in [-0.4, -0.2) is 45.3 Å². The van der Waals surface area contributed by atoms with Gasteiger partial charge in [-0.15, -0.1) is 0 Å². The van der Waals surface area contributed by atoms with E-state index in [0.717, 1.165) is 49.3 Å². The predicted octanol–water partition coefficient (Wildman–Crippen LogP) is 4.64. The number of ether oxygens (including phenoxy) is 1. The van der Waals surface area contributed by atoms with Crippen molar-refractivity contribution in [2.45, 2.75) is 33.1 Å². The van der Waals surface area contributed by atoms with Crippen LogP contribution >= 0.6 is 0 Å². The van der Waals surface area contributed by atoms with E-state index in [4.69, 9.17) is 4.74 Å². The van der Waals surface area contributed by atoms with Gasteiger partial charge in [0, 0.05) is 50.4 Å². The first-order valence-electron chi connectivity index (χ1n) is 11.3. The van der Waals surface area contributed by atoms with Crippen LogP contribution in [0.25, 0.3) is 0 Å². The van der Waals surface area contributed by atoms with E-state index in [1.54, 1.807) is 13.2 Å². The fourth-order valence-electron chi connectivity index (χ4n) is 3.83. The number of urea groups is 1. The molecule has 32 heavy (non-hydrogen) atoms. The average molecular weight is 439 g/mol. The number of aryl methyl sites for hydroxylation is 1. The summed E-state index contributed by atoms with van der Waals surface area (Å²) in [6, 6.07) is 12.8. The fourth-order valence-corrected chi connectivity index (χ4v) is 3.83. The number of piperidine rings is 1. The second-order valence-electron chi connectivity index (χ2n) is 8.40. The molecule has 0 bridgehead atoms. The van der Waals surface area contributed by atoms with Crippen LogP contribution in [0.5, 0.6) is 0 Å². The van der Waals surface area contributed by atoms with Gasteiger partial charge in [-0.05, 0) is 61.9 Å². The van der Waals surface area contributed by atoms with Crippen molar-refractivity contribution in [3.05, 3.63) is 53.6 Å². The van der Waals surface area contributed by atoms with E-state index in [-0.39, 0.29) is 11.9 Å².